The number of benzene rings is 1. The molecule has 1 saturated heterocycles. The number of rotatable bonds is 4. The van der Waals surface area contributed by atoms with Crippen molar-refractivity contribution in [1.29, 1.82) is 0 Å². The molecule has 150 valence electrons. The van der Waals surface area contributed by atoms with Gasteiger partial charge in [-0.25, -0.2) is 18.4 Å². The molecule has 0 aliphatic carbocycles. The Balaban J connectivity index is 1.85. The second kappa shape index (κ2) is 6.85. The van der Waals surface area contributed by atoms with Crippen LogP contribution in [0.2, 0.25) is 0 Å². The van der Waals surface area contributed by atoms with E-state index in [2.05, 4.69) is 25.2 Å². The largest absolute Gasteiger partial charge is 0.359 e. The lowest BCUT2D eigenvalue weighted by Crippen LogP contribution is -2.29. The van der Waals surface area contributed by atoms with E-state index in [9.17, 15) is 8.42 Å². The minimum atomic E-state index is -3.82. The lowest BCUT2D eigenvalue weighted by atomic mass is 10.1. The van der Waals surface area contributed by atoms with Crippen molar-refractivity contribution in [3.63, 3.8) is 0 Å². The number of nitrogens with zero attached hydrogens (tertiary/aromatic N) is 3. The second-order valence-corrected chi connectivity index (χ2v) is 9.07. The number of imidazole rings is 1. The maximum atomic E-state index is 13.4. The smallest absolute Gasteiger partial charge is 0.226 e. The van der Waals surface area contributed by atoms with Gasteiger partial charge in [0, 0.05) is 24.7 Å². The summed E-state index contributed by atoms with van der Waals surface area (Å²) in [5.41, 5.74) is 1.76. The molecule has 9 heteroatoms. The molecule has 5 rings (SSSR count). The Labute approximate surface area is 168 Å². The summed E-state index contributed by atoms with van der Waals surface area (Å²) in [5, 5.41) is 7.40. The third-order valence-electron chi connectivity index (χ3n) is 5.51. The van der Waals surface area contributed by atoms with Gasteiger partial charge in [-0.05, 0) is 44.1 Å². The molecule has 0 amide bonds. The molecule has 0 spiro atoms. The monoisotopic (exact) mass is 410 g/mol. The first kappa shape index (κ1) is 18.1. The van der Waals surface area contributed by atoms with E-state index >= 15 is 0 Å². The summed E-state index contributed by atoms with van der Waals surface area (Å²) < 4.78 is 29.0. The van der Waals surface area contributed by atoms with E-state index in [0.29, 0.717) is 17.1 Å². The van der Waals surface area contributed by atoms with Gasteiger partial charge in [0.1, 0.15) is 11.2 Å². The highest BCUT2D eigenvalue weighted by molar-refractivity contribution is 7.91. The zero-order chi connectivity index (χ0) is 20.0. The Hall–Kier alpha value is -2.91. The van der Waals surface area contributed by atoms with Crippen molar-refractivity contribution in [3.05, 3.63) is 42.6 Å². The number of sulfone groups is 1. The third kappa shape index (κ3) is 2.80. The highest BCUT2D eigenvalue weighted by atomic mass is 32.2. The van der Waals surface area contributed by atoms with Crippen molar-refractivity contribution in [2.24, 2.45) is 0 Å². The van der Waals surface area contributed by atoms with E-state index in [4.69, 9.17) is 4.98 Å². The molecule has 0 bridgehead atoms. The minimum absolute atomic E-state index is 0.0159. The van der Waals surface area contributed by atoms with Gasteiger partial charge in [0.2, 0.25) is 15.8 Å². The fourth-order valence-corrected chi connectivity index (χ4v) is 5.48. The van der Waals surface area contributed by atoms with Gasteiger partial charge in [0.25, 0.3) is 0 Å². The molecule has 1 aliphatic heterocycles. The van der Waals surface area contributed by atoms with Gasteiger partial charge in [-0.1, -0.05) is 18.2 Å². The zero-order valence-electron chi connectivity index (χ0n) is 16.0. The first-order valence-electron chi connectivity index (χ1n) is 9.69. The fourth-order valence-electron chi connectivity index (χ4n) is 4.13. The number of piperidine rings is 1. The van der Waals surface area contributed by atoms with Crippen LogP contribution >= 0.6 is 0 Å². The highest BCUT2D eigenvalue weighted by Crippen LogP contribution is 2.37. The van der Waals surface area contributed by atoms with Crippen molar-refractivity contribution in [1.82, 2.24) is 24.8 Å². The van der Waals surface area contributed by atoms with Crippen LogP contribution in [0.3, 0.4) is 0 Å². The Bertz CT molecular complexity index is 1290. The number of aromatic amines is 1. The number of fused-ring (bicyclic) bond motifs is 3. The van der Waals surface area contributed by atoms with Crippen molar-refractivity contribution in [3.8, 4) is 0 Å². The average molecular weight is 411 g/mol. The van der Waals surface area contributed by atoms with E-state index in [-0.39, 0.29) is 16.0 Å². The summed E-state index contributed by atoms with van der Waals surface area (Å²) in [4.78, 5) is 12.5. The van der Waals surface area contributed by atoms with Crippen LogP contribution < -0.4 is 10.6 Å². The first-order valence-corrected chi connectivity index (χ1v) is 11.2. The number of nitrogens with one attached hydrogen (secondary N) is 3. The van der Waals surface area contributed by atoms with Crippen molar-refractivity contribution in [2.45, 2.75) is 28.8 Å². The second-order valence-electron chi connectivity index (χ2n) is 7.21. The molecule has 0 saturated carbocycles. The van der Waals surface area contributed by atoms with Crippen LogP contribution in [0.4, 0.5) is 5.95 Å². The summed E-state index contributed by atoms with van der Waals surface area (Å²) in [5.74, 6) is 0.659. The van der Waals surface area contributed by atoms with Crippen LogP contribution in [0, 0.1) is 0 Å². The van der Waals surface area contributed by atoms with Gasteiger partial charge >= 0.3 is 0 Å². The van der Waals surface area contributed by atoms with Crippen molar-refractivity contribution in [2.75, 3.05) is 25.5 Å². The maximum absolute atomic E-state index is 13.4. The molecule has 0 atom stereocenters. The van der Waals surface area contributed by atoms with Crippen LogP contribution in [-0.2, 0) is 9.84 Å². The van der Waals surface area contributed by atoms with Crippen LogP contribution in [0.1, 0.15) is 18.9 Å². The lowest BCUT2D eigenvalue weighted by molar-refractivity contribution is 0.378. The van der Waals surface area contributed by atoms with Crippen molar-refractivity contribution >= 4 is 37.9 Å². The molecule has 4 heterocycles. The molecule has 1 aliphatic rings. The van der Waals surface area contributed by atoms with E-state index < -0.39 is 9.84 Å². The summed E-state index contributed by atoms with van der Waals surface area (Å²) in [6, 6.07) is 10.6. The van der Waals surface area contributed by atoms with E-state index in [1.165, 1.54) is 0 Å². The molecule has 0 unspecified atom stereocenters. The normalized spacial score (nSPS) is 15.9. The predicted molar refractivity (Wildman–Crippen MR) is 112 cm³/mol. The quantitative estimate of drug-likeness (QED) is 0.478. The standard InChI is InChI=1S/C20H22N6O2S/c1-21-20-24-16-17(26(20)13-7-10-22-11-8-13)15-9-12-23-18(15)25-19(16)29(27,28)14-5-3-2-4-6-14/h2-6,9,12-13,22H,7-8,10-11H2,1H3,(H,21,24)(H,23,25). The minimum Gasteiger partial charge on any atom is -0.359 e. The summed E-state index contributed by atoms with van der Waals surface area (Å²) in [6.45, 7) is 1.84. The average Bonchev–Trinajstić information content (AvgIpc) is 3.38. The number of anilines is 1. The maximum Gasteiger partial charge on any atom is 0.226 e. The van der Waals surface area contributed by atoms with E-state index in [1.54, 1.807) is 36.5 Å². The summed E-state index contributed by atoms with van der Waals surface area (Å²) in [7, 11) is -2.01. The molecule has 1 fully saturated rings. The van der Waals surface area contributed by atoms with Crippen LogP contribution in [0.5, 0.6) is 0 Å². The molecular formula is C20H22N6O2S. The number of aromatic nitrogens is 4. The summed E-state index contributed by atoms with van der Waals surface area (Å²) >= 11 is 0. The van der Waals surface area contributed by atoms with E-state index in [0.717, 1.165) is 36.8 Å². The topological polar surface area (TPSA) is 105 Å². The van der Waals surface area contributed by atoms with Gasteiger partial charge in [0.15, 0.2) is 5.03 Å². The SMILES string of the molecule is CNc1nc2c(S(=O)(=O)c3ccccc3)nc3[nH]ccc3c2n1C1CCNCC1. The molecule has 1 aromatic carbocycles. The van der Waals surface area contributed by atoms with Crippen LogP contribution in [0.15, 0.2) is 52.5 Å². The number of pyridine rings is 1. The lowest BCUT2D eigenvalue weighted by Gasteiger charge is -2.26. The first-order chi connectivity index (χ1) is 14.1. The van der Waals surface area contributed by atoms with Crippen molar-refractivity contribution < 1.29 is 8.42 Å². The number of H-pyrrole nitrogens is 1. The Morgan fingerprint density at radius 2 is 1.86 bits per heavy atom. The molecule has 3 N–H and O–H groups in total. The highest BCUT2D eigenvalue weighted by Gasteiger charge is 2.30. The van der Waals surface area contributed by atoms with Gasteiger partial charge in [-0.3, -0.25) is 0 Å². The Kier molecular flexibility index (Phi) is 4.29. The van der Waals surface area contributed by atoms with Crippen LogP contribution in [0.25, 0.3) is 22.1 Å². The number of hydrogen-bond acceptors (Lipinski definition) is 6. The molecule has 4 aromatic rings. The molecule has 29 heavy (non-hydrogen) atoms. The molecule has 3 aromatic heterocycles. The summed E-state index contributed by atoms with van der Waals surface area (Å²) in [6.07, 6.45) is 3.69. The van der Waals surface area contributed by atoms with Gasteiger partial charge in [0.05, 0.1) is 10.4 Å². The van der Waals surface area contributed by atoms with Crippen LogP contribution in [-0.4, -0.2) is 48.1 Å². The van der Waals surface area contributed by atoms with Gasteiger partial charge in [-0.15, -0.1) is 0 Å². The Morgan fingerprint density at radius 1 is 1.10 bits per heavy atom. The Morgan fingerprint density at radius 3 is 2.59 bits per heavy atom. The molecular weight excluding hydrogens is 388 g/mol. The van der Waals surface area contributed by atoms with Gasteiger partial charge in [-0.2, -0.15) is 0 Å². The van der Waals surface area contributed by atoms with E-state index in [1.807, 2.05) is 13.1 Å². The number of hydrogen-bond donors (Lipinski definition) is 3. The molecule has 0 radical (unpaired) electrons. The fraction of sp³-hybridized carbons (Fsp3) is 0.300. The van der Waals surface area contributed by atoms with Gasteiger partial charge < -0.3 is 20.2 Å². The third-order valence-corrected chi connectivity index (χ3v) is 7.20. The predicted octanol–water partition coefficient (Wildman–Crippen LogP) is 2.71. The zero-order valence-corrected chi connectivity index (χ0v) is 16.8. The molecule has 8 nitrogen and oxygen atoms in total.